The Kier molecular flexibility index (Phi) is 5.74. The zero-order chi connectivity index (χ0) is 18.7. The Labute approximate surface area is 156 Å². The Hall–Kier alpha value is -2.17. The molecule has 0 bridgehead atoms. The van der Waals surface area contributed by atoms with Gasteiger partial charge in [-0.2, -0.15) is 0 Å². The fourth-order valence-corrected chi connectivity index (χ4v) is 3.86. The van der Waals surface area contributed by atoms with Crippen molar-refractivity contribution < 1.29 is 9.90 Å². The quantitative estimate of drug-likeness (QED) is 0.900. The molecule has 0 spiro atoms. The van der Waals surface area contributed by atoms with E-state index in [4.69, 9.17) is 0 Å². The van der Waals surface area contributed by atoms with E-state index in [2.05, 4.69) is 24.0 Å². The molecule has 0 radical (unpaired) electrons. The standard InChI is InChI=1S/C22H28N2O2/c1-16-6-4-5-7-21(16)17-8-10-18(11-9-17)22(26)24-13-19(12-23(2)3)20(14-24)15-25/h4-11,19-20,25H,12-15H2,1-3H3/t19-,20-/m1/s1. The molecule has 26 heavy (non-hydrogen) atoms. The number of nitrogens with zero attached hydrogens (tertiary/aromatic N) is 2. The average molecular weight is 352 g/mol. The molecule has 1 aliphatic rings. The summed E-state index contributed by atoms with van der Waals surface area (Å²) in [6.07, 6.45) is 0. The molecule has 1 heterocycles. The van der Waals surface area contributed by atoms with Crippen LogP contribution < -0.4 is 0 Å². The summed E-state index contributed by atoms with van der Waals surface area (Å²) in [4.78, 5) is 16.9. The Bertz CT molecular complexity index is 755. The topological polar surface area (TPSA) is 43.8 Å². The van der Waals surface area contributed by atoms with Crippen LogP contribution in [0, 0.1) is 18.8 Å². The van der Waals surface area contributed by atoms with Crippen LogP contribution in [0.5, 0.6) is 0 Å². The predicted molar refractivity (Wildman–Crippen MR) is 105 cm³/mol. The highest BCUT2D eigenvalue weighted by Crippen LogP contribution is 2.27. The zero-order valence-corrected chi connectivity index (χ0v) is 15.9. The number of carbonyl (C=O) groups excluding carboxylic acids is 1. The van der Waals surface area contributed by atoms with E-state index in [0.29, 0.717) is 24.6 Å². The summed E-state index contributed by atoms with van der Waals surface area (Å²) in [5, 5.41) is 9.65. The van der Waals surface area contributed by atoms with Gasteiger partial charge in [-0.15, -0.1) is 0 Å². The molecular formula is C22H28N2O2. The van der Waals surface area contributed by atoms with Crippen molar-refractivity contribution in [3.63, 3.8) is 0 Å². The minimum absolute atomic E-state index is 0.0565. The first-order valence-corrected chi connectivity index (χ1v) is 9.20. The van der Waals surface area contributed by atoms with Crippen LogP contribution in [0.3, 0.4) is 0 Å². The van der Waals surface area contributed by atoms with Crippen molar-refractivity contribution in [1.82, 2.24) is 9.80 Å². The normalized spacial score (nSPS) is 20.0. The van der Waals surface area contributed by atoms with Crippen molar-refractivity contribution >= 4 is 5.91 Å². The molecule has 1 saturated heterocycles. The third-order valence-corrected chi connectivity index (χ3v) is 5.29. The number of hydrogen-bond donors (Lipinski definition) is 1. The maximum absolute atomic E-state index is 12.9. The molecule has 0 aliphatic carbocycles. The lowest BCUT2D eigenvalue weighted by Gasteiger charge is -2.20. The van der Waals surface area contributed by atoms with Gasteiger partial charge in [0.25, 0.3) is 5.91 Å². The van der Waals surface area contributed by atoms with Gasteiger partial charge in [0.05, 0.1) is 0 Å². The number of carbonyl (C=O) groups is 1. The molecule has 4 nitrogen and oxygen atoms in total. The molecule has 1 amide bonds. The largest absolute Gasteiger partial charge is 0.396 e. The van der Waals surface area contributed by atoms with E-state index in [9.17, 15) is 9.90 Å². The summed E-state index contributed by atoms with van der Waals surface area (Å²) >= 11 is 0. The van der Waals surface area contributed by atoms with Gasteiger partial charge in [-0.05, 0) is 55.8 Å². The maximum Gasteiger partial charge on any atom is 0.253 e. The molecule has 4 heteroatoms. The third-order valence-electron chi connectivity index (χ3n) is 5.29. The van der Waals surface area contributed by atoms with Crippen LogP contribution in [-0.2, 0) is 0 Å². The molecule has 0 aromatic heterocycles. The monoisotopic (exact) mass is 352 g/mol. The van der Waals surface area contributed by atoms with Crippen molar-refractivity contribution in [2.24, 2.45) is 11.8 Å². The van der Waals surface area contributed by atoms with Crippen LogP contribution in [0.1, 0.15) is 15.9 Å². The summed E-state index contributed by atoms with van der Waals surface area (Å²) in [7, 11) is 4.06. The maximum atomic E-state index is 12.9. The number of aryl methyl sites for hydroxylation is 1. The molecule has 2 aromatic carbocycles. The van der Waals surface area contributed by atoms with Gasteiger partial charge in [0, 0.05) is 37.7 Å². The second kappa shape index (κ2) is 8.02. The van der Waals surface area contributed by atoms with E-state index in [1.165, 1.54) is 11.1 Å². The van der Waals surface area contributed by atoms with Gasteiger partial charge >= 0.3 is 0 Å². The highest BCUT2D eigenvalue weighted by Gasteiger charge is 2.35. The number of rotatable bonds is 5. The summed E-state index contributed by atoms with van der Waals surface area (Å²) in [5.41, 5.74) is 4.26. The second-order valence-electron chi connectivity index (χ2n) is 7.57. The summed E-state index contributed by atoms with van der Waals surface area (Å²) in [5.74, 6) is 0.541. The molecule has 0 unspecified atom stereocenters. The van der Waals surface area contributed by atoms with Crippen molar-refractivity contribution in [2.45, 2.75) is 6.92 Å². The van der Waals surface area contributed by atoms with Crippen LogP contribution in [-0.4, -0.2) is 61.2 Å². The molecule has 2 aromatic rings. The van der Waals surface area contributed by atoms with Crippen molar-refractivity contribution in [3.8, 4) is 11.1 Å². The van der Waals surface area contributed by atoms with Crippen LogP contribution in [0.25, 0.3) is 11.1 Å². The average Bonchev–Trinajstić information content (AvgIpc) is 3.04. The SMILES string of the molecule is Cc1ccccc1-c1ccc(C(=O)N2C[C@@H](CN(C)C)[C@@H](CO)C2)cc1. The van der Waals surface area contributed by atoms with E-state index in [-0.39, 0.29) is 18.4 Å². The second-order valence-corrected chi connectivity index (χ2v) is 7.57. The van der Waals surface area contributed by atoms with Crippen molar-refractivity contribution in [1.29, 1.82) is 0 Å². The molecule has 138 valence electrons. The van der Waals surface area contributed by atoms with Crippen LogP contribution in [0.15, 0.2) is 48.5 Å². The first-order chi connectivity index (χ1) is 12.5. The Balaban J connectivity index is 1.73. The lowest BCUT2D eigenvalue weighted by atomic mass is 9.97. The molecular weight excluding hydrogens is 324 g/mol. The van der Waals surface area contributed by atoms with Gasteiger partial charge < -0.3 is 14.9 Å². The lowest BCUT2D eigenvalue weighted by Crippen LogP contribution is -2.30. The summed E-state index contributed by atoms with van der Waals surface area (Å²) in [6, 6.07) is 16.1. The van der Waals surface area contributed by atoms with Gasteiger partial charge in [0.2, 0.25) is 0 Å². The minimum atomic E-state index is 0.0565. The van der Waals surface area contributed by atoms with E-state index in [0.717, 1.165) is 12.1 Å². The zero-order valence-electron chi connectivity index (χ0n) is 15.9. The molecule has 2 atom stereocenters. The Morgan fingerprint density at radius 3 is 2.35 bits per heavy atom. The summed E-state index contributed by atoms with van der Waals surface area (Å²) < 4.78 is 0. The Morgan fingerprint density at radius 2 is 1.73 bits per heavy atom. The number of aliphatic hydroxyl groups is 1. The van der Waals surface area contributed by atoms with Gasteiger partial charge in [-0.1, -0.05) is 36.4 Å². The van der Waals surface area contributed by atoms with Gasteiger partial charge in [0.15, 0.2) is 0 Å². The summed E-state index contributed by atoms with van der Waals surface area (Å²) in [6.45, 7) is 4.46. The van der Waals surface area contributed by atoms with Crippen molar-refractivity contribution in [3.05, 3.63) is 59.7 Å². The van der Waals surface area contributed by atoms with E-state index >= 15 is 0 Å². The van der Waals surface area contributed by atoms with Crippen LogP contribution in [0.4, 0.5) is 0 Å². The molecule has 3 rings (SSSR count). The first kappa shape index (κ1) is 18.6. The molecule has 0 saturated carbocycles. The van der Waals surface area contributed by atoms with Gasteiger partial charge in [0.1, 0.15) is 0 Å². The van der Waals surface area contributed by atoms with E-state index < -0.39 is 0 Å². The lowest BCUT2D eigenvalue weighted by molar-refractivity contribution is 0.0779. The highest BCUT2D eigenvalue weighted by molar-refractivity contribution is 5.95. The van der Waals surface area contributed by atoms with E-state index in [1.54, 1.807) is 0 Å². The number of aliphatic hydroxyl groups excluding tert-OH is 1. The number of likely N-dealkylation sites (tertiary alicyclic amines) is 1. The Morgan fingerprint density at radius 1 is 1.08 bits per heavy atom. The van der Waals surface area contributed by atoms with Gasteiger partial charge in [-0.3, -0.25) is 4.79 Å². The predicted octanol–water partition coefficient (Wildman–Crippen LogP) is 2.90. The molecule has 1 N–H and O–H groups in total. The van der Waals surface area contributed by atoms with Crippen LogP contribution >= 0.6 is 0 Å². The smallest absolute Gasteiger partial charge is 0.253 e. The molecule has 1 fully saturated rings. The number of hydrogen-bond acceptors (Lipinski definition) is 3. The molecule has 1 aliphatic heterocycles. The third kappa shape index (κ3) is 3.97. The number of benzene rings is 2. The fourth-order valence-electron chi connectivity index (χ4n) is 3.86. The van der Waals surface area contributed by atoms with E-state index in [1.807, 2.05) is 55.4 Å². The highest BCUT2D eigenvalue weighted by atomic mass is 16.3. The number of amides is 1. The van der Waals surface area contributed by atoms with Gasteiger partial charge in [-0.25, -0.2) is 0 Å². The minimum Gasteiger partial charge on any atom is -0.396 e. The fraction of sp³-hybridized carbons (Fsp3) is 0.409. The van der Waals surface area contributed by atoms with Crippen LogP contribution in [0.2, 0.25) is 0 Å². The van der Waals surface area contributed by atoms with Crippen molar-refractivity contribution in [2.75, 3.05) is 40.3 Å². The first-order valence-electron chi connectivity index (χ1n) is 9.20.